The van der Waals surface area contributed by atoms with Gasteiger partial charge in [0.2, 0.25) is 11.8 Å². The topological polar surface area (TPSA) is 148 Å². The predicted molar refractivity (Wildman–Crippen MR) is 101 cm³/mol. The number of amides is 2. The highest BCUT2D eigenvalue weighted by atomic mass is 16.4. The van der Waals surface area contributed by atoms with Gasteiger partial charge < -0.3 is 15.1 Å². The molecule has 0 aliphatic heterocycles. The molecule has 0 spiro atoms. The van der Waals surface area contributed by atoms with E-state index < -0.39 is 17.6 Å². The quantitative estimate of drug-likeness (QED) is 0.553. The summed E-state index contributed by atoms with van der Waals surface area (Å²) < 4.78 is 5.34. The van der Waals surface area contributed by atoms with Crippen LogP contribution < -0.4 is 16.6 Å². The summed E-state index contributed by atoms with van der Waals surface area (Å²) >= 11 is 0. The van der Waals surface area contributed by atoms with E-state index in [1.54, 1.807) is 24.3 Å². The summed E-state index contributed by atoms with van der Waals surface area (Å²) in [5.41, 5.74) is 6.25. The Kier molecular flexibility index (Phi) is 5.08. The van der Waals surface area contributed by atoms with Crippen LogP contribution in [0, 0.1) is 6.92 Å². The van der Waals surface area contributed by atoms with Gasteiger partial charge in [-0.3, -0.25) is 24.5 Å². The molecule has 9 nitrogen and oxygen atoms in total. The number of aryl methyl sites for hydroxylation is 2. The maximum absolute atomic E-state index is 12.3. The molecule has 144 valence electrons. The summed E-state index contributed by atoms with van der Waals surface area (Å²) in [7, 11) is 0. The minimum absolute atomic E-state index is 0.0374. The summed E-state index contributed by atoms with van der Waals surface area (Å²) in [6.07, 6.45) is -0.00106. The van der Waals surface area contributed by atoms with Crippen LogP contribution >= 0.6 is 0 Å². The van der Waals surface area contributed by atoms with Gasteiger partial charge in [0, 0.05) is 12.8 Å². The summed E-state index contributed by atoms with van der Waals surface area (Å²) in [6.45, 7) is 2.77. The number of hydrogen-bond donors (Lipinski definition) is 3. The van der Waals surface area contributed by atoms with E-state index in [9.17, 15) is 19.2 Å². The van der Waals surface area contributed by atoms with E-state index in [2.05, 4.69) is 15.3 Å². The molecule has 0 aliphatic carbocycles. The zero-order valence-electron chi connectivity index (χ0n) is 15.3. The number of rotatable bonds is 6. The lowest BCUT2D eigenvalue weighted by Crippen LogP contribution is -2.21. The van der Waals surface area contributed by atoms with Gasteiger partial charge >= 0.3 is 0 Å². The van der Waals surface area contributed by atoms with E-state index >= 15 is 0 Å². The third-order valence-corrected chi connectivity index (χ3v) is 4.19. The molecule has 0 unspecified atom stereocenters. The fourth-order valence-corrected chi connectivity index (χ4v) is 2.95. The molecule has 2 aromatic heterocycles. The average molecular weight is 382 g/mol. The molecule has 0 aliphatic rings. The van der Waals surface area contributed by atoms with Gasteiger partial charge in [0.1, 0.15) is 17.0 Å². The van der Waals surface area contributed by atoms with Crippen LogP contribution in [-0.2, 0) is 11.2 Å². The molecule has 1 aromatic carbocycles. The van der Waals surface area contributed by atoms with Gasteiger partial charge in [-0.1, -0.05) is 12.1 Å². The van der Waals surface area contributed by atoms with Crippen LogP contribution in [0.15, 0.2) is 33.5 Å². The number of furan rings is 1. The van der Waals surface area contributed by atoms with Crippen LogP contribution in [0.5, 0.6) is 0 Å². The Morgan fingerprint density at radius 2 is 1.93 bits per heavy atom. The smallest absolute Gasteiger partial charge is 0.270 e. The second-order valence-corrected chi connectivity index (χ2v) is 6.24. The largest absolute Gasteiger partial charge is 0.444 e. The fourth-order valence-electron chi connectivity index (χ4n) is 2.95. The second-order valence-electron chi connectivity index (χ2n) is 6.24. The molecule has 28 heavy (non-hydrogen) atoms. The lowest BCUT2D eigenvalue weighted by atomic mass is 10.1. The number of nitrogens with two attached hydrogens (primary N) is 1. The third-order valence-electron chi connectivity index (χ3n) is 4.19. The van der Waals surface area contributed by atoms with E-state index in [0.717, 1.165) is 0 Å². The van der Waals surface area contributed by atoms with Crippen molar-refractivity contribution in [2.45, 2.75) is 26.7 Å². The number of fused-ring (bicyclic) bond motifs is 1. The van der Waals surface area contributed by atoms with E-state index in [0.29, 0.717) is 11.0 Å². The number of H-pyrrole nitrogens is 1. The van der Waals surface area contributed by atoms with Crippen LogP contribution in [0.4, 0.5) is 5.88 Å². The minimum atomic E-state index is -0.884. The van der Waals surface area contributed by atoms with Crippen molar-refractivity contribution in [1.29, 1.82) is 0 Å². The Morgan fingerprint density at radius 1 is 1.21 bits per heavy atom. The fraction of sp³-hybridized carbons (Fsp3) is 0.211. The minimum Gasteiger partial charge on any atom is -0.444 e. The molecule has 3 rings (SSSR count). The van der Waals surface area contributed by atoms with Gasteiger partial charge in [-0.05, 0) is 26.0 Å². The Balaban J connectivity index is 1.78. The lowest BCUT2D eigenvalue weighted by molar-refractivity contribution is -0.116. The summed E-state index contributed by atoms with van der Waals surface area (Å²) in [4.78, 5) is 54.8. The number of carbonyl (C=O) groups is 3. The first-order valence-electron chi connectivity index (χ1n) is 8.50. The van der Waals surface area contributed by atoms with Crippen molar-refractivity contribution in [2.24, 2.45) is 5.73 Å². The molecule has 4 N–H and O–H groups in total. The number of carbonyl (C=O) groups excluding carboxylic acids is 3. The van der Waals surface area contributed by atoms with Crippen LogP contribution in [0.1, 0.15) is 45.5 Å². The second kappa shape index (κ2) is 7.47. The number of nitrogens with one attached hydrogen (secondary N) is 2. The number of benzene rings is 1. The third kappa shape index (κ3) is 3.68. The number of anilines is 1. The van der Waals surface area contributed by atoms with Crippen molar-refractivity contribution >= 4 is 34.5 Å². The van der Waals surface area contributed by atoms with E-state index in [4.69, 9.17) is 10.2 Å². The maximum Gasteiger partial charge on any atom is 0.270 e. The van der Waals surface area contributed by atoms with E-state index in [1.807, 2.05) is 0 Å². The van der Waals surface area contributed by atoms with Crippen LogP contribution in [-0.4, -0.2) is 27.6 Å². The molecular formula is C19H18N4O5. The van der Waals surface area contributed by atoms with Gasteiger partial charge in [-0.25, -0.2) is 4.98 Å². The molecule has 2 amide bonds. The van der Waals surface area contributed by atoms with Crippen LogP contribution in [0.2, 0.25) is 0 Å². The molecule has 9 heteroatoms. The highest BCUT2D eigenvalue weighted by molar-refractivity contribution is 6.11. The van der Waals surface area contributed by atoms with Crippen molar-refractivity contribution in [3.05, 3.63) is 57.2 Å². The van der Waals surface area contributed by atoms with Crippen molar-refractivity contribution in [1.82, 2.24) is 9.97 Å². The van der Waals surface area contributed by atoms with E-state index in [1.165, 1.54) is 13.8 Å². The summed E-state index contributed by atoms with van der Waals surface area (Å²) in [5, 5.41) is 2.44. The number of ketones is 1. The molecular weight excluding hydrogens is 364 g/mol. The normalized spacial score (nSPS) is 10.8. The van der Waals surface area contributed by atoms with Gasteiger partial charge in [0.05, 0.1) is 16.6 Å². The molecule has 0 fully saturated rings. The number of Topliss-reactive ketones (excluding diaryl/α,β-unsaturated/α-hetero) is 1. The first-order valence-corrected chi connectivity index (χ1v) is 8.50. The van der Waals surface area contributed by atoms with E-state index in [-0.39, 0.29) is 46.9 Å². The zero-order chi connectivity index (χ0) is 20.4. The molecule has 0 saturated heterocycles. The Labute approximate surface area is 158 Å². The number of aromatic amines is 1. The standard InChI is InChI=1S/C19H18N4O5/c1-9(24)15-10(2)28-19(16(15)17(20)26)23-14(25)8-7-13-18(27)22-12-6-4-3-5-11(12)21-13/h3-6H,7-8H2,1-2H3,(H2,20,26)(H,22,27)(H,23,25). The number of primary amides is 1. The molecule has 0 saturated carbocycles. The monoisotopic (exact) mass is 382 g/mol. The summed E-state index contributed by atoms with van der Waals surface area (Å²) in [5.74, 6) is -1.79. The SMILES string of the molecule is CC(=O)c1c(C)oc(NC(=O)CCc2nc3ccccc3[nH]c2=O)c1C(N)=O. The molecule has 3 aromatic rings. The van der Waals surface area contributed by atoms with Gasteiger partial charge in [-0.2, -0.15) is 0 Å². The lowest BCUT2D eigenvalue weighted by Gasteiger charge is -2.05. The highest BCUT2D eigenvalue weighted by Crippen LogP contribution is 2.27. The number of aromatic nitrogens is 2. The van der Waals surface area contributed by atoms with Crippen LogP contribution in [0.25, 0.3) is 11.0 Å². The maximum atomic E-state index is 12.3. The number of nitrogens with zero attached hydrogens (tertiary/aromatic N) is 1. The van der Waals surface area contributed by atoms with Gasteiger partial charge in [0.25, 0.3) is 11.5 Å². The zero-order valence-corrected chi connectivity index (χ0v) is 15.3. The van der Waals surface area contributed by atoms with Crippen molar-refractivity contribution in [3.8, 4) is 0 Å². The molecule has 0 atom stereocenters. The Hall–Kier alpha value is -3.75. The first kappa shape index (κ1) is 19.0. The molecule has 0 radical (unpaired) electrons. The highest BCUT2D eigenvalue weighted by Gasteiger charge is 2.26. The summed E-state index contributed by atoms with van der Waals surface area (Å²) in [6, 6.07) is 7.06. The van der Waals surface area contributed by atoms with Gasteiger partial charge in [0.15, 0.2) is 5.78 Å². The van der Waals surface area contributed by atoms with Crippen molar-refractivity contribution in [2.75, 3.05) is 5.32 Å². The Morgan fingerprint density at radius 3 is 2.61 bits per heavy atom. The van der Waals surface area contributed by atoms with Crippen molar-refractivity contribution in [3.63, 3.8) is 0 Å². The Bertz CT molecular complexity index is 1160. The molecule has 0 bridgehead atoms. The number of para-hydroxylation sites is 2. The molecule has 2 heterocycles. The van der Waals surface area contributed by atoms with Crippen molar-refractivity contribution < 1.29 is 18.8 Å². The predicted octanol–water partition coefficient (Wildman–Crippen LogP) is 1.70. The number of hydrogen-bond acceptors (Lipinski definition) is 6. The van der Waals surface area contributed by atoms with Gasteiger partial charge in [-0.15, -0.1) is 0 Å². The van der Waals surface area contributed by atoms with Crippen LogP contribution in [0.3, 0.4) is 0 Å². The first-order chi connectivity index (χ1) is 13.3. The average Bonchev–Trinajstić information content (AvgIpc) is 2.96.